The Balaban J connectivity index is 1.58. The zero-order valence-corrected chi connectivity index (χ0v) is 10.2. The summed E-state index contributed by atoms with van der Waals surface area (Å²) in [6.07, 6.45) is 3.92. The molecular formula is C11H16ClNOS. The van der Waals surface area contributed by atoms with E-state index in [0.717, 1.165) is 30.5 Å². The van der Waals surface area contributed by atoms with Gasteiger partial charge in [0, 0.05) is 24.6 Å². The van der Waals surface area contributed by atoms with Crippen molar-refractivity contribution in [1.29, 1.82) is 0 Å². The summed E-state index contributed by atoms with van der Waals surface area (Å²) in [4.78, 5) is 1.35. The number of hydrogen-bond donors (Lipinski definition) is 1. The highest BCUT2D eigenvalue weighted by atomic mass is 35.5. The third-order valence-corrected chi connectivity index (χ3v) is 3.86. The average molecular weight is 246 g/mol. The van der Waals surface area contributed by atoms with Crippen molar-refractivity contribution in [2.24, 2.45) is 0 Å². The molecule has 2 rings (SSSR count). The highest BCUT2D eigenvalue weighted by Gasteiger charge is 2.14. The molecule has 0 radical (unpaired) electrons. The van der Waals surface area contributed by atoms with Gasteiger partial charge in [0.25, 0.3) is 0 Å². The zero-order chi connectivity index (χ0) is 10.5. The molecule has 4 heteroatoms. The first-order chi connectivity index (χ1) is 7.34. The van der Waals surface area contributed by atoms with E-state index in [9.17, 15) is 0 Å². The maximum atomic E-state index is 5.85. The monoisotopic (exact) mass is 245 g/mol. The maximum absolute atomic E-state index is 5.85. The second-order valence-corrected chi connectivity index (χ2v) is 5.59. The van der Waals surface area contributed by atoms with Crippen LogP contribution in [0.15, 0.2) is 12.1 Å². The van der Waals surface area contributed by atoms with Gasteiger partial charge in [-0.25, -0.2) is 0 Å². The van der Waals surface area contributed by atoms with E-state index < -0.39 is 0 Å². The number of nitrogens with one attached hydrogen (secondary N) is 1. The standard InChI is InChI=1S/C11H16ClNOS/c12-11-4-3-10(15-11)5-6-13-8-9-2-1-7-14-9/h3-4,9,13H,1-2,5-8H2. The zero-order valence-electron chi connectivity index (χ0n) is 8.67. The number of thiophene rings is 1. The highest BCUT2D eigenvalue weighted by molar-refractivity contribution is 7.16. The SMILES string of the molecule is Clc1ccc(CCNCC2CCCO2)s1. The smallest absolute Gasteiger partial charge is 0.0931 e. The fourth-order valence-electron chi connectivity index (χ4n) is 1.77. The molecule has 0 aromatic carbocycles. The van der Waals surface area contributed by atoms with Crippen LogP contribution in [-0.2, 0) is 11.2 Å². The minimum Gasteiger partial charge on any atom is -0.377 e. The van der Waals surface area contributed by atoms with E-state index in [2.05, 4.69) is 11.4 Å². The molecule has 0 spiro atoms. The lowest BCUT2D eigenvalue weighted by Crippen LogP contribution is -2.27. The van der Waals surface area contributed by atoms with Crippen molar-refractivity contribution >= 4 is 22.9 Å². The van der Waals surface area contributed by atoms with Crippen LogP contribution in [0.2, 0.25) is 4.34 Å². The first-order valence-electron chi connectivity index (χ1n) is 5.41. The summed E-state index contributed by atoms with van der Waals surface area (Å²) in [6, 6.07) is 4.06. The molecular weight excluding hydrogens is 230 g/mol. The Hall–Kier alpha value is -0.0900. The minimum atomic E-state index is 0.442. The number of hydrogen-bond acceptors (Lipinski definition) is 3. The van der Waals surface area contributed by atoms with Gasteiger partial charge in [0.15, 0.2) is 0 Å². The molecule has 1 fully saturated rings. The Morgan fingerprint density at radius 1 is 1.53 bits per heavy atom. The second-order valence-electron chi connectivity index (χ2n) is 3.79. The molecule has 84 valence electrons. The van der Waals surface area contributed by atoms with Crippen molar-refractivity contribution in [2.75, 3.05) is 19.7 Å². The topological polar surface area (TPSA) is 21.3 Å². The fourth-order valence-corrected chi connectivity index (χ4v) is 2.85. The summed E-state index contributed by atoms with van der Waals surface area (Å²) in [5.41, 5.74) is 0. The lowest BCUT2D eigenvalue weighted by Gasteiger charge is -2.09. The van der Waals surface area contributed by atoms with E-state index in [1.165, 1.54) is 17.7 Å². The van der Waals surface area contributed by atoms with Crippen molar-refractivity contribution in [2.45, 2.75) is 25.4 Å². The van der Waals surface area contributed by atoms with Crippen LogP contribution in [0.25, 0.3) is 0 Å². The van der Waals surface area contributed by atoms with Crippen molar-refractivity contribution in [3.8, 4) is 0 Å². The lowest BCUT2D eigenvalue weighted by atomic mass is 10.2. The Morgan fingerprint density at radius 3 is 3.13 bits per heavy atom. The van der Waals surface area contributed by atoms with Crippen LogP contribution in [0, 0.1) is 0 Å². The Bertz CT molecular complexity index is 297. The van der Waals surface area contributed by atoms with Crippen LogP contribution in [-0.4, -0.2) is 25.8 Å². The molecule has 0 saturated carbocycles. The second kappa shape index (κ2) is 5.85. The molecule has 15 heavy (non-hydrogen) atoms. The van der Waals surface area contributed by atoms with Gasteiger partial charge in [0.2, 0.25) is 0 Å². The van der Waals surface area contributed by atoms with Gasteiger partial charge >= 0.3 is 0 Å². The summed E-state index contributed by atoms with van der Waals surface area (Å²) >= 11 is 7.52. The van der Waals surface area contributed by atoms with Gasteiger partial charge in [-0.2, -0.15) is 0 Å². The number of ether oxygens (including phenoxy) is 1. The molecule has 1 aliphatic heterocycles. The quantitative estimate of drug-likeness (QED) is 0.806. The van der Waals surface area contributed by atoms with E-state index in [4.69, 9.17) is 16.3 Å². The Labute approximate surface area is 99.6 Å². The number of halogens is 1. The average Bonchev–Trinajstić information content (AvgIpc) is 2.84. The molecule has 2 heterocycles. The van der Waals surface area contributed by atoms with Crippen LogP contribution in [0.4, 0.5) is 0 Å². The summed E-state index contributed by atoms with van der Waals surface area (Å²) in [7, 11) is 0. The normalized spacial score (nSPS) is 21.0. The Kier molecular flexibility index (Phi) is 4.44. The lowest BCUT2D eigenvalue weighted by molar-refractivity contribution is 0.110. The van der Waals surface area contributed by atoms with Crippen LogP contribution in [0.5, 0.6) is 0 Å². The van der Waals surface area contributed by atoms with Crippen LogP contribution in [0.1, 0.15) is 17.7 Å². The summed E-state index contributed by atoms with van der Waals surface area (Å²) < 4.78 is 6.41. The molecule has 0 amide bonds. The fraction of sp³-hybridized carbons (Fsp3) is 0.636. The van der Waals surface area contributed by atoms with Gasteiger partial charge in [-0.3, -0.25) is 0 Å². The summed E-state index contributed by atoms with van der Waals surface area (Å²) in [5, 5.41) is 3.42. The number of rotatable bonds is 5. The molecule has 1 unspecified atom stereocenters. The van der Waals surface area contributed by atoms with Crippen molar-refractivity contribution < 1.29 is 4.74 Å². The van der Waals surface area contributed by atoms with Crippen LogP contribution in [0.3, 0.4) is 0 Å². The van der Waals surface area contributed by atoms with Gasteiger partial charge in [0.05, 0.1) is 10.4 Å². The molecule has 1 saturated heterocycles. The van der Waals surface area contributed by atoms with Crippen molar-refractivity contribution in [1.82, 2.24) is 5.32 Å². The largest absolute Gasteiger partial charge is 0.377 e. The van der Waals surface area contributed by atoms with Crippen LogP contribution >= 0.6 is 22.9 Å². The van der Waals surface area contributed by atoms with E-state index in [1.807, 2.05) is 6.07 Å². The van der Waals surface area contributed by atoms with Crippen molar-refractivity contribution in [3.05, 3.63) is 21.3 Å². The van der Waals surface area contributed by atoms with Gasteiger partial charge in [-0.05, 0) is 31.4 Å². The van der Waals surface area contributed by atoms with Gasteiger partial charge in [-0.15, -0.1) is 11.3 Å². The maximum Gasteiger partial charge on any atom is 0.0931 e. The molecule has 0 aliphatic carbocycles. The highest BCUT2D eigenvalue weighted by Crippen LogP contribution is 2.21. The minimum absolute atomic E-state index is 0.442. The van der Waals surface area contributed by atoms with E-state index >= 15 is 0 Å². The molecule has 1 aromatic rings. The van der Waals surface area contributed by atoms with E-state index in [-0.39, 0.29) is 0 Å². The van der Waals surface area contributed by atoms with Gasteiger partial charge in [0.1, 0.15) is 0 Å². The molecule has 1 aromatic heterocycles. The molecule has 1 aliphatic rings. The first kappa shape index (κ1) is 11.4. The molecule has 1 N–H and O–H groups in total. The third kappa shape index (κ3) is 3.76. The van der Waals surface area contributed by atoms with Gasteiger partial charge in [-0.1, -0.05) is 11.6 Å². The molecule has 2 nitrogen and oxygen atoms in total. The Morgan fingerprint density at radius 2 is 2.47 bits per heavy atom. The summed E-state index contributed by atoms with van der Waals surface area (Å²) in [6.45, 7) is 2.93. The van der Waals surface area contributed by atoms with E-state index in [1.54, 1.807) is 11.3 Å². The van der Waals surface area contributed by atoms with Crippen LogP contribution < -0.4 is 5.32 Å². The van der Waals surface area contributed by atoms with E-state index in [0.29, 0.717) is 6.10 Å². The molecule has 1 atom stereocenters. The first-order valence-corrected chi connectivity index (χ1v) is 6.60. The predicted molar refractivity (Wildman–Crippen MR) is 64.9 cm³/mol. The molecule has 0 bridgehead atoms. The third-order valence-electron chi connectivity index (χ3n) is 2.57. The summed E-state index contributed by atoms with van der Waals surface area (Å²) in [5.74, 6) is 0. The van der Waals surface area contributed by atoms with Gasteiger partial charge < -0.3 is 10.1 Å². The predicted octanol–water partition coefficient (Wildman–Crippen LogP) is 2.71. The van der Waals surface area contributed by atoms with Crippen molar-refractivity contribution in [3.63, 3.8) is 0 Å².